The Balaban J connectivity index is 1.88. The standard InChI is InChI=1S/C16H23BrN2O/c1-13(2)7-8-18-9-11-19(12-10-18)16(20)14-5-3-4-6-15(14)17/h3-6,13H,7-12H2,1-2H3. The molecule has 4 heteroatoms. The SMILES string of the molecule is CC(C)CCN1CCN(C(=O)c2ccccc2Br)CC1. The van der Waals surface area contributed by atoms with Gasteiger partial charge in [-0.05, 0) is 46.9 Å². The molecule has 0 aliphatic carbocycles. The Morgan fingerprint density at radius 1 is 1.20 bits per heavy atom. The van der Waals surface area contributed by atoms with Crippen LogP contribution < -0.4 is 0 Å². The summed E-state index contributed by atoms with van der Waals surface area (Å²) in [6, 6.07) is 7.66. The van der Waals surface area contributed by atoms with E-state index in [1.165, 1.54) is 6.42 Å². The van der Waals surface area contributed by atoms with Crippen LogP contribution >= 0.6 is 15.9 Å². The Bertz CT molecular complexity index is 454. The lowest BCUT2D eigenvalue weighted by Crippen LogP contribution is -2.49. The number of hydrogen-bond donors (Lipinski definition) is 0. The summed E-state index contributed by atoms with van der Waals surface area (Å²) in [6.45, 7) is 9.30. The maximum atomic E-state index is 12.5. The third-order valence-corrected chi connectivity index (χ3v) is 4.48. The minimum absolute atomic E-state index is 0.140. The molecule has 1 fully saturated rings. The van der Waals surface area contributed by atoms with Crippen LogP contribution in [0, 0.1) is 5.92 Å². The number of nitrogens with zero attached hydrogens (tertiary/aromatic N) is 2. The van der Waals surface area contributed by atoms with Crippen LogP contribution in [0.4, 0.5) is 0 Å². The molecule has 1 aliphatic rings. The summed E-state index contributed by atoms with van der Waals surface area (Å²) in [4.78, 5) is 16.9. The van der Waals surface area contributed by atoms with Gasteiger partial charge in [0, 0.05) is 30.7 Å². The normalized spacial score (nSPS) is 16.7. The molecule has 0 saturated carbocycles. The summed E-state index contributed by atoms with van der Waals surface area (Å²) in [5, 5.41) is 0. The molecule has 0 atom stereocenters. The molecule has 0 radical (unpaired) electrons. The molecule has 1 saturated heterocycles. The van der Waals surface area contributed by atoms with E-state index in [1.54, 1.807) is 0 Å². The van der Waals surface area contributed by atoms with E-state index in [4.69, 9.17) is 0 Å². The number of halogens is 1. The van der Waals surface area contributed by atoms with Gasteiger partial charge in [-0.25, -0.2) is 0 Å². The molecule has 3 nitrogen and oxygen atoms in total. The fourth-order valence-corrected chi connectivity index (χ4v) is 2.87. The van der Waals surface area contributed by atoms with Gasteiger partial charge >= 0.3 is 0 Å². The molecule has 1 amide bonds. The van der Waals surface area contributed by atoms with Crippen molar-refractivity contribution in [2.45, 2.75) is 20.3 Å². The topological polar surface area (TPSA) is 23.6 Å². The smallest absolute Gasteiger partial charge is 0.255 e. The van der Waals surface area contributed by atoms with Crippen LogP contribution in [-0.2, 0) is 0 Å². The Hall–Kier alpha value is -0.870. The molecule has 1 aliphatic heterocycles. The van der Waals surface area contributed by atoms with Crippen molar-refractivity contribution in [3.05, 3.63) is 34.3 Å². The number of amides is 1. The molecule has 0 N–H and O–H groups in total. The van der Waals surface area contributed by atoms with Crippen LogP contribution in [0.25, 0.3) is 0 Å². The molecular weight excluding hydrogens is 316 g/mol. The number of carbonyl (C=O) groups excluding carboxylic acids is 1. The summed E-state index contributed by atoms with van der Waals surface area (Å²) >= 11 is 3.46. The van der Waals surface area contributed by atoms with Gasteiger partial charge in [0.2, 0.25) is 0 Å². The quantitative estimate of drug-likeness (QED) is 0.841. The van der Waals surface area contributed by atoms with E-state index in [0.29, 0.717) is 0 Å². The first-order chi connectivity index (χ1) is 9.58. The van der Waals surface area contributed by atoms with Gasteiger partial charge in [0.05, 0.1) is 5.56 Å². The van der Waals surface area contributed by atoms with Gasteiger partial charge in [0.1, 0.15) is 0 Å². The zero-order valence-electron chi connectivity index (χ0n) is 12.3. The summed E-state index contributed by atoms with van der Waals surface area (Å²) in [5.41, 5.74) is 0.767. The Labute approximate surface area is 130 Å². The van der Waals surface area contributed by atoms with Crippen molar-refractivity contribution in [3.63, 3.8) is 0 Å². The Kier molecular flexibility index (Phi) is 5.61. The lowest BCUT2D eigenvalue weighted by molar-refractivity contribution is 0.0631. The molecule has 1 aromatic carbocycles. The number of carbonyl (C=O) groups is 1. The largest absolute Gasteiger partial charge is 0.336 e. The molecule has 20 heavy (non-hydrogen) atoms. The van der Waals surface area contributed by atoms with Gasteiger partial charge in [0.15, 0.2) is 0 Å². The van der Waals surface area contributed by atoms with E-state index in [9.17, 15) is 4.79 Å². The van der Waals surface area contributed by atoms with E-state index in [2.05, 4.69) is 34.7 Å². The average Bonchev–Trinajstić information content (AvgIpc) is 2.45. The van der Waals surface area contributed by atoms with E-state index in [0.717, 1.165) is 48.7 Å². The van der Waals surface area contributed by atoms with Crippen LogP contribution in [0.3, 0.4) is 0 Å². The van der Waals surface area contributed by atoms with Gasteiger partial charge in [0.25, 0.3) is 5.91 Å². The first kappa shape index (κ1) is 15.5. The summed E-state index contributed by atoms with van der Waals surface area (Å²) in [7, 11) is 0. The van der Waals surface area contributed by atoms with Crippen molar-refractivity contribution in [2.24, 2.45) is 5.92 Å². The predicted octanol–water partition coefficient (Wildman–Crippen LogP) is 3.25. The Morgan fingerprint density at radius 2 is 1.85 bits per heavy atom. The van der Waals surface area contributed by atoms with E-state index >= 15 is 0 Å². The third kappa shape index (κ3) is 4.06. The predicted molar refractivity (Wildman–Crippen MR) is 85.9 cm³/mol. The van der Waals surface area contributed by atoms with Crippen molar-refractivity contribution in [3.8, 4) is 0 Å². The van der Waals surface area contributed by atoms with Gasteiger partial charge in [-0.15, -0.1) is 0 Å². The van der Waals surface area contributed by atoms with Gasteiger partial charge in [-0.1, -0.05) is 26.0 Å². The van der Waals surface area contributed by atoms with Crippen molar-refractivity contribution in [1.29, 1.82) is 0 Å². The van der Waals surface area contributed by atoms with Crippen LogP contribution in [0.5, 0.6) is 0 Å². The van der Waals surface area contributed by atoms with Crippen LogP contribution in [-0.4, -0.2) is 48.4 Å². The van der Waals surface area contributed by atoms with Crippen LogP contribution in [0.1, 0.15) is 30.6 Å². The van der Waals surface area contributed by atoms with Crippen molar-refractivity contribution in [1.82, 2.24) is 9.80 Å². The highest BCUT2D eigenvalue weighted by Crippen LogP contribution is 2.18. The van der Waals surface area contributed by atoms with Crippen LogP contribution in [0.2, 0.25) is 0 Å². The van der Waals surface area contributed by atoms with E-state index < -0.39 is 0 Å². The molecule has 0 bridgehead atoms. The van der Waals surface area contributed by atoms with Crippen molar-refractivity contribution >= 4 is 21.8 Å². The monoisotopic (exact) mass is 338 g/mol. The number of hydrogen-bond acceptors (Lipinski definition) is 2. The average molecular weight is 339 g/mol. The highest BCUT2D eigenvalue weighted by atomic mass is 79.9. The Morgan fingerprint density at radius 3 is 2.45 bits per heavy atom. The molecule has 1 heterocycles. The van der Waals surface area contributed by atoms with Crippen molar-refractivity contribution < 1.29 is 4.79 Å². The molecular formula is C16H23BrN2O. The second-order valence-corrected chi connectivity index (χ2v) is 6.65. The van der Waals surface area contributed by atoms with E-state index in [1.807, 2.05) is 29.2 Å². The van der Waals surface area contributed by atoms with Gasteiger partial charge in [-0.3, -0.25) is 9.69 Å². The summed E-state index contributed by atoms with van der Waals surface area (Å²) < 4.78 is 0.882. The number of benzene rings is 1. The van der Waals surface area contributed by atoms with Crippen molar-refractivity contribution in [2.75, 3.05) is 32.7 Å². The molecule has 2 rings (SSSR count). The summed E-state index contributed by atoms with van der Waals surface area (Å²) in [5.74, 6) is 0.885. The second-order valence-electron chi connectivity index (χ2n) is 5.80. The maximum absolute atomic E-state index is 12.5. The third-order valence-electron chi connectivity index (χ3n) is 3.79. The fourth-order valence-electron chi connectivity index (χ4n) is 2.42. The zero-order chi connectivity index (χ0) is 14.5. The van der Waals surface area contributed by atoms with Gasteiger partial charge < -0.3 is 4.90 Å². The highest BCUT2D eigenvalue weighted by Gasteiger charge is 2.23. The maximum Gasteiger partial charge on any atom is 0.255 e. The minimum atomic E-state index is 0.140. The molecule has 0 unspecified atom stereocenters. The molecule has 0 aromatic heterocycles. The lowest BCUT2D eigenvalue weighted by atomic mass is 10.1. The molecule has 110 valence electrons. The highest BCUT2D eigenvalue weighted by molar-refractivity contribution is 9.10. The minimum Gasteiger partial charge on any atom is -0.336 e. The first-order valence-corrected chi connectivity index (χ1v) is 8.13. The first-order valence-electron chi connectivity index (χ1n) is 7.34. The zero-order valence-corrected chi connectivity index (χ0v) is 13.9. The second kappa shape index (κ2) is 7.23. The number of piperazine rings is 1. The molecule has 1 aromatic rings. The fraction of sp³-hybridized carbons (Fsp3) is 0.562. The lowest BCUT2D eigenvalue weighted by Gasteiger charge is -2.35. The molecule has 0 spiro atoms. The van der Waals surface area contributed by atoms with Gasteiger partial charge in [-0.2, -0.15) is 0 Å². The van der Waals surface area contributed by atoms with E-state index in [-0.39, 0.29) is 5.91 Å². The summed E-state index contributed by atoms with van der Waals surface area (Å²) in [6.07, 6.45) is 1.23. The van der Waals surface area contributed by atoms with Crippen LogP contribution in [0.15, 0.2) is 28.7 Å². The number of rotatable bonds is 4.